The molecule has 0 aromatic carbocycles. The number of nitrogen functional groups attached to an aromatic ring is 1. The Morgan fingerprint density at radius 2 is 1.83 bits per heavy atom. The molecule has 7 nitrogen and oxygen atoms in total. The summed E-state index contributed by atoms with van der Waals surface area (Å²) in [7, 11) is 2.20. The van der Waals surface area contributed by atoms with Gasteiger partial charge in [0, 0.05) is 38.3 Å². The highest BCUT2D eigenvalue weighted by atomic mass is 15.4. The minimum atomic E-state index is 0.293. The van der Waals surface area contributed by atoms with E-state index in [1.807, 2.05) is 0 Å². The molecule has 2 fully saturated rings. The van der Waals surface area contributed by atoms with E-state index >= 15 is 0 Å². The van der Waals surface area contributed by atoms with Gasteiger partial charge >= 0.3 is 0 Å². The van der Waals surface area contributed by atoms with Crippen LogP contribution in [0.5, 0.6) is 0 Å². The fourth-order valence-corrected chi connectivity index (χ4v) is 3.86. The maximum atomic E-state index is 6.38. The summed E-state index contributed by atoms with van der Waals surface area (Å²) in [5.41, 5.74) is 6.64. The molecule has 1 aliphatic carbocycles. The minimum Gasteiger partial charge on any atom is -0.383 e. The fraction of sp³-hybridized carbons (Fsp3) is 0.647. The van der Waals surface area contributed by atoms with Gasteiger partial charge in [0.1, 0.15) is 12.1 Å². The number of hydrogen-bond acceptors (Lipinski definition) is 7. The third-order valence-electron chi connectivity index (χ3n) is 5.46. The maximum Gasteiger partial charge on any atom is 0.155 e. The zero-order chi connectivity index (χ0) is 17.1. The molecule has 0 radical (unpaired) electrons. The van der Waals surface area contributed by atoms with Gasteiger partial charge in [-0.05, 0) is 32.7 Å². The van der Waals surface area contributed by atoms with Crippen LogP contribution in [0.25, 0.3) is 6.08 Å². The molecule has 0 atom stereocenters. The van der Waals surface area contributed by atoms with Crippen molar-refractivity contribution in [3.05, 3.63) is 18.5 Å². The summed E-state index contributed by atoms with van der Waals surface area (Å²) in [6.07, 6.45) is 7.67. The summed E-state index contributed by atoms with van der Waals surface area (Å²) in [5, 5.41) is 1.77. The smallest absolute Gasteiger partial charge is 0.155 e. The van der Waals surface area contributed by atoms with Crippen LogP contribution in [0.4, 0.5) is 11.6 Å². The summed E-state index contributed by atoms with van der Waals surface area (Å²) in [6, 6.07) is 0.986. The van der Waals surface area contributed by atoms with Gasteiger partial charge in [0.15, 0.2) is 5.82 Å². The molecule has 1 saturated carbocycles. The molecule has 2 heterocycles. The van der Waals surface area contributed by atoms with Gasteiger partial charge in [-0.3, -0.25) is 9.91 Å². The van der Waals surface area contributed by atoms with E-state index in [9.17, 15) is 0 Å². The number of likely N-dealkylation sites (N-methyl/N-ethyl adjacent to an activating group) is 1. The monoisotopic (exact) mass is 331 g/mol. The van der Waals surface area contributed by atoms with Gasteiger partial charge < -0.3 is 10.6 Å². The summed E-state index contributed by atoms with van der Waals surface area (Å²) >= 11 is 0. The lowest BCUT2D eigenvalue weighted by atomic mass is 9.89. The summed E-state index contributed by atoms with van der Waals surface area (Å²) in [5.74, 6) is 7.48. The summed E-state index contributed by atoms with van der Waals surface area (Å²) < 4.78 is 0. The standard InChI is InChI=1S/C17H29N7/c1-3-15-16(18)20-12-21-17(15)24(19)14-6-4-13(5-7-14)23-10-8-22(2)9-11-23/h3,12-14H,1,4-11,19H2,2H3,(H2,18,20,21). The van der Waals surface area contributed by atoms with Crippen molar-refractivity contribution in [2.24, 2.45) is 5.84 Å². The third kappa shape index (κ3) is 3.53. The van der Waals surface area contributed by atoms with Gasteiger partial charge in [0.05, 0.1) is 5.56 Å². The molecule has 0 bridgehead atoms. The van der Waals surface area contributed by atoms with Crippen LogP contribution in [0.2, 0.25) is 0 Å². The van der Waals surface area contributed by atoms with Crippen LogP contribution >= 0.6 is 0 Å². The molecule has 132 valence electrons. The molecular weight excluding hydrogens is 302 g/mol. The van der Waals surface area contributed by atoms with Crippen LogP contribution in [-0.4, -0.2) is 65.1 Å². The van der Waals surface area contributed by atoms with Crippen molar-refractivity contribution in [3.63, 3.8) is 0 Å². The van der Waals surface area contributed by atoms with Crippen molar-refractivity contribution >= 4 is 17.7 Å². The predicted octanol–water partition coefficient (Wildman–Crippen LogP) is 0.940. The zero-order valence-corrected chi connectivity index (χ0v) is 14.6. The molecule has 7 heteroatoms. The lowest BCUT2D eigenvalue weighted by Gasteiger charge is -2.42. The van der Waals surface area contributed by atoms with E-state index in [2.05, 4.69) is 33.4 Å². The number of nitrogens with zero attached hydrogens (tertiary/aromatic N) is 5. The van der Waals surface area contributed by atoms with Crippen molar-refractivity contribution in [1.82, 2.24) is 19.8 Å². The Morgan fingerprint density at radius 1 is 1.17 bits per heavy atom. The first-order valence-electron chi connectivity index (χ1n) is 8.79. The molecule has 3 rings (SSSR count). The number of nitrogens with two attached hydrogens (primary N) is 2. The lowest BCUT2D eigenvalue weighted by Crippen LogP contribution is -2.52. The van der Waals surface area contributed by atoms with Crippen molar-refractivity contribution in [2.45, 2.75) is 37.8 Å². The molecule has 24 heavy (non-hydrogen) atoms. The van der Waals surface area contributed by atoms with E-state index in [0.29, 0.717) is 23.7 Å². The second-order valence-electron chi connectivity index (χ2n) is 6.91. The molecule has 0 amide bonds. The zero-order valence-electron chi connectivity index (χ0n) is 14.6. The SMILES string of the molecule is C=Cc1c(N)ncnc1N(N)C1CCC(N2CCN(C)CC2)CC1. The number of hydrogen-bond donors (Lipinski definition) is 2. The average molecular weight is 331 g/mol. The van der Waals surface area contributed by atoms with Crippen LogP contribution in [0.3, 0.4) is 0 Å². The van der Waals surface area contributed by atoms with Crippen LogP contribution in [-0.2, 0) is 0 Å². The Morgan fingerprint density at radius 3 is 2.46 bits per heavy atom. The number of anilines is 2. The topological polar surface area (TPSA) is 87.5 Å². The number of hydrazine groups is 1. The normalized spacial score (nSPS) is 26.2. The predicted molar refractivity (Wildman–Crippen MR) is 98.3 cm³/mol. The van der Waals surface area contributed by atoms with E-state index in [1.165, 1.54) is 45.3 Å². The quantitative estimate of drug-likeness (QED) is 0.627. The molecular formula is C17H29N7. The molecule has 0 spiro atoms. The molecule has 1 saturated heterocycles. The van der Waals surface area contributed by atoms with Crippen molar-refractivity contribution in [2.75, 3.05) is 44.0 Å². The van der Waals surface area contributed by atoms with Gasteiger partial charge in [0.25, 0.3) is 0 Å². The van der Waals surface area contributed by atoms with Crippen molar-refractivity contribution in [1.29, 1.82) is 0 Å². The van der Waals surface area contributed by atoms with Gasteiger partial charge in [-0.25, -0.2) is 15.8 Å². The van der Waals surface area contributed by atoms with Crippen molar-refractivity contribution in [3.8, 4) is 0 Å². The van der Waals surface area contributed by atoms with E-state index in [1.54, 1.807) is 11.1 Å². The van der Waals surface area contributed by atoms with Crippen LogP contribution in [0, 0.1) is 0 Å². The first-order chi connectivity index (χ1) is 11.6. The maximum absolute atomic E-state index is 6.38. The lowest BCUT2D eigenvalue weighted by molar-refractivity contribution is 0.0875. The largest absolute Gasteiger partial charge is 0.383 e. The third-order valence-corrected chi connectivity index (χ3v) is 5.46. The Bertz CT molecular complexity index is 560. The van der Waals surface area contributed by atoms with Crippen LogP contribution < -0.4 is 16.6 Å². The Labute approximate surface area is 144 Å². The highest BCUT2D eigenvalue weighted by Crippen LogP contribution is 2.30. The van der Waals surface area contributed by atoms with Gasteiger partial charge in [-0.2, -0.15) is 0 Å². The Balaban J connectivity index is 1.60. The van der Waals surface area contributed by atoms with Gasteiger partial charge in [0.2, 0.25) is 0 Å². The van der Waals surface area contributed by atoms with Crippen LogP contribution in [0.15, 0.2) is 12.9 Å². The Kier molecular flexibility index (Phi) is 5.33. The molecule has 4 N–H and O–H groups in total. The van der Waals surface area contributed by atoms with E-state index in [-0.39, 0.29) is 0 Å². The second-order valence-corrected chi connectivity index (χ2v) is 6.91. The van der Waals surface area contributed by atoms with E-state index < -0.39 is 0 Å². The molecule has 2 aliphatic rings. The molecule has 1 aliphatic heterocycles. The summed E-state index contributed by atoms with van der Waals surface area (Å²) in [4.78, 5) is 13.4. The Hall–Kier alpha value is -1.70. The molecule has 1 aromatic heterocycles. The van der Waals surface area contributed by atoms with E-state index in [4.69, 9.17) is 11.6 Å². The highest BCUT2D eigenvalue weighted by molar-refractivity contribution is 5.71. The number of aromatic nitrogens is 2. The van der Waals surface area contributed by atoms with E-state index in [0.717, 1.165) is 18.4 Å². The van der Waals surface area contributed by atoms with Gasteiger partial charge in [-0.1, -0.05) is 12.7 Å². The number of piperazine rings is 1. The summed E-state index contributed by atoms with van der Waals surface area (Å²) in [6.45, 7) is 8.51. The second kappa shape index (κ2) is 7.46. The fourth-order valence-electron chi connectivity index (χ4n) is 3.86. The molecule has 0 unspecified atom stereocenters. The van der Waals surface area contributed by atoms with Gasteiger partial charge in [-0.15, -0.1) is 0 Å². The van der Waals surface area contributed by atoms with Crippen molar-refractivity contribution < 1.29 is 0 Å². The molecule has 1 aromatic rings. The van der Waals surface area contributed by atoms with Crippen LogP contribution in [0.1, 0.15) is 31.2 Å². The first-order valence-corrected chi connectivity index (χ1v) is 8.79. The average Bonchev–Trinajstić information content (AvgIpc) is 2.62. The number of rotatable bonds is 4. The minimum absolute atomic E-state index is 0.293. The first kappa shape index (κ1) is 17.1. The highest BCUT2D eigenvalue weighted by Gasteiger charge is 2.30.